The van der Waals surface area contributed by atoms with Gasteiger partial charge in [0.1, 0.15) is 6.07 Å². The maximum Gasteiger partial charge on any atom is 0.212 e. The van der Waals surface area contributed by atoms with Gasteiger partial charge in [-0.2, -0.15) is 5.26 Å². The predicted octanol–water partition coefficient (Wildman–Crippen LogP) is 5.86. The third-order valence-electron chi connectivity index (χ3n) is 5.41. The fourth-order valence-corrected chi connectivity index (χ4v) is 4.20. The van der Waals surface area contributed by atoms with Crippen molar-refractivity contribution in [2.24, 2.45) is 4.99 Å². The van der Waals surface area contributed by atoms with Crippen molar-refractivity contribution in [2.75, 3.05) is 0 Å². The number of allylic oxidation sites excluding steroid dienone is 2. The molecule has 2 heterocycles. The van der Waals surface area contributed by atoms with Gasteiger partial charge in [0.15, 0.2) is 0 Å². The van der Waals surface area contributed by atoms with Crippen LogP contribution in [-0.2, 0) is 0 Å². The van der Waals surface area contributed by atoms with Crippen LogP contribution in [0.25, 0.3) is 10.4 Å². The molecule has 1 aromatic heterocycles. The van der Waals surface area contributed by atoms with Gasteiger partial charge in [-0.25, -0.2) is 4.85 Å². The number of nitriles is 1. The molecule has 0 aliphatic carbocycles. The smallest absolute Gasteiger partial charge is 0.212 e. The predicted molar refractivity (Wildman–Crippen MR) is 114 cm³/mol. The first kappa shape index (κ1) is 19.4. The second kappa shape index (κ2) is 6.98. The first-order chi connectivity index (χ1) is 13.2. The highest BCUT2D eigenvalue weighted by Gasteiger charge is 2.27. The van der Waals surface area contributed by atoms with Crippen molar-refractivity contribution in [3.8, 4) is 6.07 Å². The van der Waals surface area contributed by atoms with Crippen molar-refractivity contribution in [3.63, 3.8) is 0 Å². The van der Waals surface area contributed by atoms with Crippen LogP contribution in [0.5, 0.6) is 0 Å². The van der Waals surface area contributed by atoms with Gasteiger partial charge < -0.3 is 4.98 Å². The summed E-state index contributed by atoms with van der Waals surface area (Å²) in [6.07, 6.45) is 0. The summed E-state index contributed by atoms with van der Waals surface area (Å²) in [5.41, 5.74) is 12.0. The summed E-state index contributed by atoms with van der Waals surface area (Å²) in [6, 6.07) is 6.64. The number of aromatic amines is 1. The monoisotopic (exact) mass is 368 g/mol. The first-order valence-corrected chi connectivity index (χ1v) is 9.27. The fraction of sp³-hybridized carbons (Fsp3) is 0.292. The fourth-order valence-electron chi connectivity index (χ4n) is 4.20. The minimum absolute atomic E-state index is 0.608. The number of nitrogens with one attached hydrogen (secondary N) is 1. The average molecular weight is 368 g/mol. The molecule has 0 spiro atoms. The van der Waals surface area contributed by atoms with Crippen LogP contribution in [0.3, 0.4) is 0 Å². The maximum atomic E-state index is 9.59. The van der Waals surface area contributed by atoms with E-state index >= 15 is 0 Å². The molecular formula is C24H24N4. The largest absolute Gasteiger partial charge is 0.357 e. The number of aliphatic imine (C=N–C) groups is 1. The number of benzene rings is 1. The Bertz CT molecular complexity index is 1160. The highest BCUT2D eigenvalue weighted by Crippen LogP contribution is 2.40. The lowest BCUT2D eigenvalue weighted by molar-refractivity contribution is 1.19. The Morgan fingerprint density at radius 3 is 2.14 bits per heavy atom. The molecule has 0 radical (unpaired) electrons. The lowest BCUT2D eigenvalue weighted by atomic mass is 9.88. The molecule has 1 N–H and O–H groups in total. The average Bonchev–Trinajstić information content (AvgIpc) is 3.05. The Balaban J connectivity index is 2.50. The van der Waals surface area contributed by atoms with Gasteiger partial charge in [0, 0.05) is 17.0 Å². The Morgan fingerprint density at radius 2 is 1.68 bits per heavy atom. The van der Waals surface area contributed by atoms with Crippen LogP contribution >= 0.6 is 0 Å². The molecule has 3 rings (SSSR count). The second-order valence-electron chi connectivity index (χ2n) is 7.52. The van der Waals surface area contributed by atoms with Crippen LogP contribution in [0.15, 0.2) is 34.1 Å². The van der Waals surface area contributed by atoms with Gasteiger partial charge in [0.2, 0.25) is 5.70 Å². The van der Waals surface area contributed by atoms with Gasteiger partial charge in [-0.3, -0.25) is 4.99 Å². The van der Waals surface area contributed by atoms with Crippen molar-refractivity contribution in [2.45, 2.75) is 48.5 Å². The van der Waals surface area contributed by atoms with Crippen molar-refractivity contribution in [1.29, 1.82) is 5.26 Å². The van der Waals surface area contributed by atoms with Crippen LogP contribution in [0.4, 0.5) is 0 Å². The van der Waals surface area contributed by atoms with Crippen LogP contribution in [-0.4, -0.2) is 10.7 Å². The highest BCUT2D eigenvalue weighted by molar-refractivity contribution is 6.07. The quantitative estimate of drug-likeness (QED) is 0.664. The molecule has 140 valence electrons. The lowest BCUT2D eigenvalue weighted by Gasteiger charge is -2.18. The first-order valence-electron chi connectivity index (χ1n) is 9.27. The van der Waals surface area contributed by atoms with Crippen LogP contribution < -0.4 is 0 Å². The van der Waals surface area contributed by atoms with E-state index in [-0.39, 0.29) is 0 Å². The molecule has 0 bridgehead atoms. The molecule has 2 aromatic rings. The van der Waals surface area contributed by atoms with Gasteiger partial charge >= 0.3 is 0 Å². The molecule has 4 heteroatoms. The third-order valence-corrected chi connectivity index (χ3v) is 5.41. The van der Waals surface area contributed by atoms with E-state index in [9.17, 15) is 5.26 Å². The zero-order valence-corrected chi connectivity index (χ0v) is 17.5. The molecule has 0 atom stereocenters. The molecule has 0 amide bonds. The molecule has 28 heavy (non-hydrogen) atoms. The zero-order chi connectivity index (χ0) is 20.7. The van der Waals surface area contributed by atoms with E-state index < -0.39 is 0 Å². The maximum absolute atomic E-state index is 9.59. The van der Waals surface area contributed by atoms with Gasteiger partial charge in [-0.1, -0.05) is 17.7 Å². The summed E-state index contributed by atoms with van der Waals surface area (Å²) in [5.74, 6) is 0. The summed E-state index contributed by atoms with van der Waals surface area (Å²) in [5, 5.41) is 9.59. The number of hydrogen-bond donors (Lipinski definition) is 1. The molecule has 4 nitrogen and oxygen atoms in total. The lowest BCUT2D eigenvalue weighted by Crippen LogP contribution is -2.02. The Hall–Kier alpha value is -3.37. The normalized spacial score (nSPS) is 15.4. The van der Waals surface area contributed by atoms with Crippen LogP contribution in [0, 0.1) is 52.5 Å². The van der Waals surface area contributed by atoms with Crippen molar-refractivity contribution < 1.29 is 0 Å². The van der Waals surface area contributed by atoms with E-state index in [1.807, 2.05) is 27.7 Å². The molecule has 1 aromatic carbocycles. The standard InChI is InChI=1S/C24H24N4/c1-12-9-13(2)20(14(3)10-12)21(23-15(4)19(11-25)17(6)27-23)24-16(5)22(26-8)18(7)28-24/h9-10,27H,1-7H3/b24-21-. The van der Waals surface area contributed by atoms with E-state index in [1.165, 1.54) is 5.56 Å². The summed E-state index contributed by atoms with van der Waals surface area (Å²) < 4.78 is 0. The van der Waals surface area contributed by atoms with Gasteiger partial charge in [0.05, 0.1) is 23.5 Å². The molecule has 0 saturated heterocycles. The molecule has 1 aliphatic rings. The summed E-state index contributed by atoms with van der Waals surface area (Å²) in [6.45, 7) is 21.6. The van der Waals surface area contributed by atoms with Crippen LogP contribution in [0.2, 0.25) is 0 Å². The Labute approximate surface area is 166 Å². The van der Waals surface area contributed by atoms with Crippen molar-refractivity contribution >= 4 is 11.3 Å². The molecule has 1 aliphatic heterocycles. The summed E-state index contributed by atoms with van der Waals surface area (Å²) in [7, 11) is 0. The van der Waals surface area contributed by atoms with E-state index in [4.69, 9.17) is 11.6 Å². The Kier molecular flexibility index (Phi) is 4.84. The minimum Gasteiger partial charge on any atom is -0.357 e. The highest BCUT2D eigenvalue weighted by atomic mass is 14.9. The van der Waals surface area contributed by atoms with E-state index in [2.05, 4.69) is 48.8 Å². The van der Waals surface area contributed by atoms with Gasteiger partial charge in [-0.05, 0) is 76.3 Å². The number of aromatic nitrogens is 1. The van der Waals surface area contributed by atoms with E-state index in [1.54, 1.807) is 0 Å². The zero-order valence-electron chi connectivity index (χ0n) is 17.5. The topological polar surface area (TPSA) is 56.3 Å². The molecule has 0 fully saturated rings. The van der Waals surface area contributed by atoms with Gasteiger partial charge in [-0.15, -0.1) is 0 Å². The third kappa shape index (κ3) is 2.88. The summed E-state index contributed by atoms with van der Waals surface area (Å²) >= 11 is 0. The van der Waals surface area contributed by atoms with E-state index in [0.29, 0.717) is 11.3 Å². The SMILES string of the molecule is [C-]#[N+]C1=C(C)/C(=C(/c2[nH]c(C)c(C#N)c2C)c2c(C)cc(C)cc2C)N=C1C. The number of aryl methyl sites for hydroxylation is 4. The molecule has 0 saturated carbocycles. The number of H-pyrrole nitrogens is 1. The molecule has 0 unspecified atom stereocenters. The second-order valence-corrected chi connectivity index (χ2v) is 7.52. The van der Waals surface area contributed by atoms with Gasteiger partial charge in [0.25, 0.3) is 0 Å². The number of hydrogen-bond acceptors (Lipinski definition) is 2. The van der Waals surface area contributed by atoms with E-state index in [0.717, 1.165) is 56.2 Å². The van der Waals surface area contributed by atoms with Crippen molar-refractivity contribution in [1.82, 2.24) is 4.98 Å². The van der Waals surface area contributed by atoms with Crippen molar-refractivity contribution in [3.05, 3.63) is 85.3 Å². The molecular weight excluding hydrogens is 344 g/mol. The summed E-state index contributed by atoms with van der Waals surface area (Å²) in [4.78, 5) is 11.9. The van der Waals surface area contributed by atoms with Crippen LogP contribution in [0.1, 0.15) is 58.6 Å². The number of rotatable bonds is 2. The minimum atomic E-state index is 0.608. The number of nitrogens with zero attached hydrogens (tertiary/aromatic N) is 3. The Morgan fingerprint density at radius 1 is 1.07 bits per heavy atom.